The molecule has 1 amide bonds. The molecule has 3 rings (SSSR count). The number of rotatable bonds is 4. The van der Waals surface area contributed by atoms with Crippen molar-refractivity contribution >= 4 is 43.8 Å². The van der Waals surface area contributed by atoms with Crippen LogP contribution in [0.3, 0.4) is 0 Å². The van der Waals surface area contributed by atoms with Crippen molar-refractivity contribution in [3.63, 3.8) is 0 Å². The van der Waals surface area contributed by atoms with Crippen molar-refractivity contribution in [2.75, 3.05) is 11.6 Å². The van der Waals surface area contributed by atoms with Gasteiger partial charge in [0.2, 0.25) is 0 Å². The van der Waals surface area contributed by atoms with Gasteiger partial charge in [-0.3, -0.25) is 9.00 Å². The maximum Gasteiger partial charge on any atom is 0.257 e. The molecule has 1 aromatic heterocycles. The molecule has 0 fully saturated rings. The SMILES string of the molecule is Cc1c(CS(C)=O)cccc1NC(=O)c1csc2ccccc12. The van der Waals surface area contributed by atoms with E-state index in [0.717, 1.165) is 26.9 Å². The Morgan fingerprint density at radius 2 is 1.96 bits per heavy atom. The summed E-state index contributed by atoms with van der Waals surface area (Å²) in [7, 11) is -0.907. The number of carbonyl (C=O) groups is 1. The minimum absolute atomic E-state index is 0.111. The predicted molar refractivity (Wildman–Crippen MR) is 98.7 cm³/mol. The summed E-state index contributed by atoms with van der Waals surface area (Å²) in [6.07, 6.45) is 1.68. The first kappa shape index (κ1) is 15.9. The van der Waals surface area contributed by atoms with Crippen LogP contribution < -0.4 is 5.32 Å². The molecular weight excluding hydrogens is 326 g/mol. The van der Waals surface area contributed by atoms with E-state index in [-0.39, 0.29) is 5.91 Å². The fourth-order valence-electron chi connectivity index (χ4n) is 2.54. The third-order valence-electron chi connectivity index (χ3n) is 3.78. The number of fused-ring (bicyclic) bond motifs is 1. The van der Waals surface area contributed by atoms with Crippen LogP contribution in [0.4, 0.5) is 5.69 Å². The van der Waals surface area contributed by atoms with E-state index in [2.05, 4.69) is 5.32 Å². The van der Waals surface area contributed by atoms with E-state index in [0.29, 0.717) is 11.3 Å². The van der Waals surface area contributed by atoms with Crippen LogP contribution in [-0.2, 0) is 16.6 Å². The van der Waals surface area contributed by atoms with Crippen LogP contribution in [0.25, 0.3) is 10.1 Å². The zero-order chi connectivity index (χ0) is 16.4. The first-order valence-electron chi connectivity index (χ1n) is 7.22. The largest absolute Gasteiger partial charge is 0.322 e. The first-order valence-corrected chi connectivity index (χ1v) is 9.83. The average Bonchev–Trinajstić information content (AvgIpc) is 2.95. The van der Waals surface area contributed by atoms with Gasteiger partial charge in [-0.25, -0.2) is 0 Å². The molecule has 1 heterocycles. The lowest BCUT2D eigenvalue weighted by molar-refractivity contribution is 0.102. The van der Waals surface area contributed by atoms with E-state index < -0.39 is 10.8 Å². The van der Waals surface area contributed by atoms with Crippen LogP contribution in [0.5, 0.6) is 0 Å². The Hall–Kier alpha value is -1.98. The fraction of sp³-hybridized carbons (Fsp3) is 0.167. The summed E-state index contributed by atoms with van der Waals surface area (Å²) in [5, 5.41) is 5.85. The molecule has 1 unspecified atom stereocenters. The van der Waals surface area contributed by atoms with Crippen molar-refractivity contribution in [3.05, 3.63) is 64.5 Å². The molecule has 0 spiro atoms. The summed E-state index contributed by atoms with van der Waals surface area (Å²) in [6.45, 7) is 1.95. The molecule has 0 radical (unpaired) electrons. The van der Waals surface area contributed by atoms with Crippen LogP contribution in [0.2, 0.25) is 0 Å². The molecule has 2 aromatic carbocycles. The highest BCUT2D eigenvalue weighted by Crippen LogP contribution is 2.27. The van der Waals surface area contributed by atoms with Gasteiger partial charge in [0.1, 0.15) is 0 Å². The highest BCUT2D eigenvalue weighted by molar-refractivity contribution is 7.83. The van der Waals surface area contributed by atoms with Crippen LogP contribution >= 0.6 is 11.3 Å². The van der Waals surface area contributed by atoms with Gasteiger partial charge < -0.3 is 5.32 Å². The number of carbonyl (C=O) groups excluding carboxylic acids is 1. The molecule has 0 saturated carbocycles. The second kappa shape index (κ2) is 6.64. The number of nitrogens with one attached hydrogen (secondary N) is 1. The van der Waals surface area contributed by atoms with Gasteiger partial charge in [-0.05, 0) is 30.2 Å². The quantitative estimate of drug-likeness (QED) is 0.766. The maximum atomic E-state index is 12.6. The normalized spacial score (nSPS) is 12.3. The Morgan fingerprint density at radius 3 is 2.74 bits per heavy atom. The Balaban J connectivity index is 1.90. The molecule has 1 N–H and O–H groups in total. The summed E-state index contributed by atoms with van der Waals surface area (Å²) < 4.78 is 12.6. The molecule has 0 aliphatic heterocycles. The van der Waals surface area contributed by atoms with E-state index >= 15 is 0 Å². The van der Waals surface area contributed by atoms with Crippen molar-refractivity contribution in [1.29, 1.82) is 0 Å². The van der Waals surface area contributed by atoms with Gasteiger partial charge in [0.15, 0.2) is 0 Å². The molecular formula is C18H17NO2S2. The molecule has 3 aromatic rings. The summed E-state index contributed by atoms with van der Waals surface area (Å²) in [6, 6.07) is 13.6. The molecule has 23 heavy (non-hydrogen) atoms. The minimum Gasteiger partial charge on any atom is -0.322 e. The smallest absolute Gasteiger partial charge is 0.257 e. The summed E-state index contributed by atoms with van der Waals surface area (Å²) in [5.41, 5.74) is 3.43. The van der Waals surface area contributed by atoms with Crippen molar-refractivity contribution in [1.82, 2.24) is 0 Å². The lowest BCUT2D eigenvalue weighted by Gasteiger charge is -2.11. The van der Waals surface area contributed by atoms with Crippen molar-refractivity contribution in [2.24, 2.45) is 0 Å². The summed E-state index contributed by atoms with van der Waals surface area (Å²) in [5.74, 6) is 0.386. The molecule has 0 saturated heterocycles. The van der Waals surface area contributed by atoms with Gasteiger partial charge in [-0.1, -0.05) is 30.3 Å². The number of amides is 1. The van der Waals surface area contributed by atoms with Gasteiger partial charge in [0, 0.05) is 44.0 Å². The lowest BCUT2D eigenvalue weighted by atomic mass is 10.1. The van der Waals surface area contributed by atoms with Gasteiger partial charge in [0.05, 0.1) is 5.56 Å². The number of thiophene rings is 1. The van der Waals surface area contributed by atoms with Gasteiger partial charge >= 0.3 is 0 Å². The zero-order valence-corrected chi connectivity index (χ0v) is 14.6. The molecule has 0 bridgehead atoms. The number of hydrogen-bond donors (Lipinski definition) is 1. The Morgan fingerprint density at radius 1 is 1.17 bits per heavy atom. The molecule has 0 aliphatic carbocycles. The number of benzene rings is 2. The Bertz CT molecular complexity index is 899. The first-order chi connectivity index (χ1) is 11.1. The molecule has 0 aliphatic rings. The lowest BCUT2D eigenvalue weighted by Crippen LogP contribution is -2.13. The third-order valence-corrected chi connectivity index (χ3v) is 5.46. The molecule has 3 nitrogen and oxygen atoms in total. The summed E-state index contributed by atoms with van der Waals surface area (Å²) in [4.78, 5) is 12.6. The van der Waals surface area contributed by atoms with Gasteiger partial charge in [-0.2, -0.15) is 0 Å². The number of hydrogen-bond acceptors (Lipinski definition) is 3. The third kappa shape index (κ3) is 3.35. The Kier molecular flexibility index (Phi) is 4.59. The van der Waals surface area contributed by atoms with Gasteiger partial charge in [-0.15, -0.1) is 11.3 Å². The molecule has 1 atom stereocenters. The Labute approximate surface area is 141 Å². The van der Waals surface area contributed by atoms with Gasteiger partial charge in [0.25, 0.3) is 5.91 Å². The van der Waals surface area contributed by atoms with Crippen LogP contribution in [-0.4, -0.2) is 16.4 Å². The van der Waals surface area contributed by atoms with Crippen molar-refractivity contribution in [3.8, 4) is 0 Å². The maximum absolute atomic E-state index is 12.6. The molecule has 118 valence electrons. The van der Waals surface area contributed by atoms with Crippen LogP contribution in [0.15, 0.2) is 47.8 Å². The van der Waals surface area contributed by atoms with Crippen molar-refractivity contribution in [2.45, 2.75) is 12.7 Å². The van der Waals surface area contributed by atoms with E-state index in [1.54, 1.807) is 17.6 Å². The highest BCUT2D eigenvalue weighted by atomic mass is 32.2. The fourth-order valence-corrected chi connectivity index (χ4v) is 4.23. The van der Waals surface area contributed by atoms with E-state index in [1.807, 2.05) is 54.8 Å². The average molecular weight is 343 g/mol. The standard InChI is InChI=1S/C18H17NO2S2/c1-12-13(11-23(2)21)6-5-8-16(12)19-18(20)15-10-22-17-9-4-3-7-14(15)17/h3-10H,11H2,1-2H3,(H,19,20). The predicted octanol–water partition coefficient (Wildman–Crippen LogP) is 4.34. The number of anilines is 1. The van der Waals surface area contributed by atoms with Crippen LogP contribution in [0, 0.1) is 6.92 Å². The molecule has 5 heteroatoms. The minimum atomic E-state index is -0.907. The zero-order valence-electron chi connectivity index (χ0n) is 13.0. The second-order valence-corrected chi connectivity index (χ2v) is 7.75. The van der Waals surface area contributed by atoms with E-state index in [4.69, 9.17) is 0 Å². The topological polar surface area (TPSA) is 46.2 Å². The van der Waals surface area contributed by atoms with E-state index in [1.165, 1.54) is 0 Å². The van der Waals surface area contributed by atoms with Crippen LogP contribution in [0.1, 0.15) is 21.5 Å². The van der Waals surface area contributed by atoms with Crippen molar-refractivity contribution < 1.29 is 9.00 Å². The summed E-state index contributed by atoms with van der Waals surface area (Å²) >= 11 is 1.57. The van der Waals surface area contributed by atoms with E-state index in [9.17, 15) is 9.00 Å². The highest BCUT2D eigenvalue weighted by Gasteiger charge is 2.14. The monoisotopic (exact) mass is 343 g/mol. The second-order valence-electron chi connectivity index (χ2n) is 5.41.